The highest BCUT2D eigenvalue weighted by Crippen LogP contribution is 2.27. The van der Waals surface area contributed by atoms with Gasteiger partial charge in [0.25, 0.3) is 0 Å². The Balaban J connectivity index is 1.53. The molecule has 1 aromatic carbocycles. The fourth-order valence-corrected chi connectivity index (χ4v) is 3.72. The quantitative estimate of drug-likeness (QED) is 0.932. The van der Waals surface area contributed by atoms with Crippen molar-refractivity contribution in [3.8, 4) is 0 Å². The van der Waals surface area contributed by atoms with Crippen LogP contribution in [0.1, 0.15) is 32.3 Å². The number of likely N-dealkylation sites (tertiary alicyclic amines) is 1. The van der Waals surface area contributed by atoms with Crippen LogP contribution in [0.4, 0.5) is 10.5 Å². The number of nitrogens with zero attached hydrogens (tertiary/aromatic N) is 2. The summed E-state index contributed by atoms with van der Waals surface area (Å²) in [6.07, 6.45) is 3.57. The average molecular weight is 301 g/mol. The normalized spacial score (nSPS) is 23.2. The number of carbonyl (C=O) groups excluding carboxylic acids is 1. The van der Waals surface area contributed by atoms with E-state index in [4.69, 9.17) is 0 Å². The molecule has 4 nitrogen and oxygen atoms in total. The Morgan fingerprint density at radius 2 is 2.18 bits per heavy atom. The van der Waals surface area contributed by atoms with E-state index in [1.54, 1.807) is 0 Å². The van der Waals surface area contributed by atoms with Gasteiger partial charge in [-0.15, -0.1) is 0 Å². The summed E-state index contributed by atoms with van der Waals surface area (Å²) in [6, 6.07) is 8.43. The molecule has 2 heterocycles. The van der Waals surface area contributed by atoms with Crippen LogP contribution in [-0.4, -0.2) is 43.2 Å². The second-order valence-corrected chi connectivity index (χ2v) is 6.89. The molecule has 0 saturated carbocycles. The smallest absolute Gasteiger partial charge is 0.322 e. The van der Waals surface area contributed by atoms with E-state index in [0.717, 1.165) is 44.2 Å². The van der Waals surface area contributed by atoms with Crippen LogP contribution in [0.3, 0.4) is 0 Å². The van der Waals surface area contributed by atoms with Crippen molar-refractivity contribution in [2.24, 2.45) is 5.92 Å². The predicted molar refractivity (Wildman–Crippen MR) is 90.3 cm³/mol. The Kier molecular flexibility index (Phi) is 4.67. The maximum absolute atomic E-state index is 12.5. The van der Waals surface area contributed by atoms with E-state index in [1.165, 1.54) is 18.4 Å². The number of amides is 2. The molecule has 0 aliphatic carbocycles. The summed E-state index contributed by atoms with van der Waals surface area (Å²) >= 11 is 0. The molecule has 1 fully saturated rings. The molecule has 22 heavy (non-hydrogen) atoms. The van der Waals surface area contributed by atoms with Crippen LogP contribution in [-0.2, 0) is 6.42 Å². The predicted octanol–water partition coefficient (Wildman–Crippen LogP) is 2.88. The van der Waals surface area contributed by atoms with Crippen LogP contribution in [0.5, 0.6) is 0 Å². The van der Waals surface area contributed by atoms with Crippen LogP contribution in [0.25, 0.3) is 0 Å². The van der Waals surface area contributed by atoms with E-state index in [9.17, 15) is 4.79 Å². The Morgan fingerprint density at radius 3 is 3.00 bits per heavy atom. The largest absolute Gasteiger partial charge is 0.334 e. The maximum Gasteiger partial charge on any atom is 0.322 e. The van der Waals surface area contributed by atoms with Gasteiger partial charge in [-0.3, -0.25) is 4.90 Å². The van der Waals surface area contributed by atoms with Gasteiger partial charge in [-0.1, -0.05) is 25.1 Å². The molecule has 1 aromatic rings. The second kappa shape index (κ2) is 6.69. The first-order valence-electron chi connectivity index (χ1n) is 8.52. The van der Waals surface area contributed by atoms with E-state index >= 15 is 0 Å². The number of anilines is 1. The summed E-state index contributed by atoms with van der Waals surface area (Å²) in [5.41, 5.74) is 2.34. The van der Waals surface area contributed by atoms with Crippen molar-refractivity contribution in [1.82, 2.24) is 10.2 Å². The van der Waals surface area contributed by atoms with Crippen LogP contribution in [0.15, 0.2) is 24.3 Å². The minimum absolute atomic E-state index is 0.0440. The molecular formula is C18H27N3O. The summed E-state index contributed by atoms with van der Waals surface area (Å²) in [5.74, 6) is 0.780. The van der Waals surface area contributed by atoms with Gasteiger partial charge < -0.3 is 10.2 Å². The van der Waals surface area contributed by atoms with Crippen molar-refractivity contribution >= 4 is 11.7 Å². The number of carbonyl (C=O) groups is 1. The molecule has 0 aromatic heterocycles. The minimum atomic E-state index is 0.0440. The number of urea groups is 1. The number of hydrogen-bond acceptors (Lipinski definition) is 2. The summed E-state index contributed by atoms with van der Waals surface area (Å²) in [6.45, 7) is 8.49. The fourth-order valence-electron chi connectivity index (χ4n) is 3.72. The van der Waals surface area contributed by atoms with E-state index < -0.39 is 0 Å². The number of nitrogens with one attached hydrogen (secondary N) is 1. The number of rotatable bonds is 3. The lowest BCUT2D eigenvalue weighted by molar-refractivity contribution is 0.170. The van der Waals surface area contributed by atoms with Gasteiger partial charge in [-0.2, -0.15) is 0 Å². The number of benzene rings is 1. The third-order valence-corrected chi connectivity index (χ3v) is 4.78. The van der Waals surface area contributed by atoms with Gasteiger partial charge in [0.05, 0.1) is 0 Å². The van der Waals surface area contributed by atoms with Gasteiger partial charge in [0.1, 0.15) is 0 Å². The molecule has 0 bridgehead atoms. The summed E-state index contributed by atoms with van der Waals surface area (Å²) < 4.78 is 0. The Bertz CT molecular complexity index is 531. The van der Waals surface area contributed by atoms with Crippen LogP contribution < -0.4 is 10.2 Å². The van der Waals surface area contributed by atoms with Crippen LogP contribution >= 0.6 is 0 Å². The molecule has 0 radical (unpaired) electrons. The number of piperidine rings is 1. The van der Waals surface area contributed by atoms with Crippen molar-refractivity contribution in [3.05, 3.63) is 29.8 Å². The first kappa shape index (κ1) is 15.3. The molecule has 0 spiro atoms. The van der Waals surface area contributed by atoms with Gasteiger partial charge in [-0.05, 0) is 50.3 Å². The van der Waals surface area contributed by atoms with E-state index in [1.807, 2.05) is 23.1 Å². The molecule has 2 amide bonds. The molecular weight excluding hydrogens is 274 g/mol. The fraction of sp³-hybridized carbons (Fsp3) is 0.611. The van der Waals surface area contributed by atoms with Gasteiger partial charge in [0.15, 0.2) is 0 Å². The second-order valence-electron chi connectivity index (χ2n) is 6.89. The Labute approximate surface area is 133 Å². The summed E-state index contributed by atoms with van der Waals surface area (Å²) in [7, 11) is 0. The van der Waals surface area contributed by atoms with Crippen molar-refractivity contribution in [3.63, 3.8) is 0 Å². The van der Waals surface area contributed by atoms with Gasteiger partial charge >= 0.3 is 6.03 Å². The Morgan fingerprint density at radius 1 is 1.36 bits per heavy atom. The van der Waals surface area contributed by atoms with E-state index in [2.05, 4.69) is 30.1 Å². The van der Waals surface area contributed by atoms with Crippen molar-refractivity contribution in [2.45, 2.75) is 39.2 Å². The first-order chi connectivity index (χ1) is 10.6. The van der Waals surface area contributed by atoms with Gasteiger partial charge in [-0.25, -0.2) is 4.79 Å². The highest BCUT2D eigenvalue weighted by atomic mass is 16.2. The van der Waals surface area contributed by atoms with Crippen molar-refractivity contribution in [1.29, 1.82) is 0 Å². The average Bonchev–Trinajstić information content (AvgIpc) is 2.91. The summed E-state index contributed by atoms with van der Waals surface area (Å²) in [5, 5.41) is 3.17. The number of fused-ring (bicyclic) bond motifs is 1. The Hall–Kier alpha value is -1.55. The monoisotopic (exact) mass is 301 g/mol. The van der Waals surface area contributed by atoms with Crippen molar-refractivity contribution < 1.29 is 4.79 Å². The third-order valence-electron chi connectivity index (χ3n) is 4.78. The number of para-hydroxylation sites is 1. The molecule has 2 aliphatic rings. The van der Waals surface area contributed by atoms with E-state index in [0.29, 0.717) is 0 Å². The van der Waals surface area contributed by atoms with Gasteiger partial charge in [0.2, 0.25) is 0 Å². The minimum Gasteiger partial charge on any atom is -0.334 e. The summed E-state index contributed by atoms with van der Waals surface area (Å²) in [4.78, 5) is 16.9. The lowest BCUT2D eigenvalue weighted by Gasteiger charge is -2.33. The molecule has 120 valence electrons. The molecule has 2 aliphatic heterocycles. The molecule has 1 N–H and O–H groups in total. The SMILES string of the molecule is C[C@H]1CCCN(C[C@H](C)NC(=O)N2CCc3ccccc32)C1. The first-order valence-corrected chi connectivity index (χ1v) is 8.52. The van der Waals surface area contributed by atoms with E-state index in [-0.39, 0.29) is 12.1 Å². The highest BCUT2D eigenvalue weighted by Gasteiger charge is 2.25. The topological polar surface area (TPSA) is 35.6 Å². The third kappa shape index (κ3) is 3.43. The number of hydrogen-bond donors (Lipinski definition) is 1. The van der Waals surface area contributed by atoms with Crippen LogP contribution in [0.2, 0.25) is 0 Å². The molecule has 3 rings (SSSR count). The zero-order valence-corrected chi connectivity index (χ0v) is 13.7. The van der Waals surface area contributed by atoms with Gasteiger partial charge in [0, 0.05) is 31.4 Å². The molecule has 0 unspecified atom stereocenters. The maximum atomic E-state index is 12.5. The van der Waals surface area contributed by atoms with Crippen molar-refractivity contribution in [2.75, 3.05) is 31.1 Å². The zero-order valence-electron chi connectivity index (χ0n) is 13.7. The molecule has 1 saturated heterocycles. The molecule has 2 atom stereocenters. The highest BCUT2D eigenvalue weighted by molar-refractivity contribution is 5.94. The lowest BCUT2D eigenvalue weighted by atomic mass is 10.00. The molecule has 4 heteroatoms. The van der Waals surface area contributed by atoms with Crippen LogP contribution in [0, 0.1) is 5.92 Å². The standard InChI is InChI=1S/C18H27N3O/c1-14-6-5-10-20(12-14)13-15(2)19-18(22)21-11-9-16-7-3-4-8-17(16)21/h3-4,7-8,14-15H,5-6,9-13H2,1-2H3,(H,19,22)/t14-,15-/m0/s1. The lowest BCUT2D eigenvalue weighted by Crippen LogP contribution is -2.49. The zero-order chi connectivity index (χ0) is 15.5.